The van der Waals surface area contributed by atoms with Crippen molar-refractivity contribution >= 4 is 5.78 Å². The maximum absolute atomic E-state index is 12.9. The number of alkyl halides is 3. The smallest absolute Gasteiger partial charge is 0.299 e. The fourth-order valence-electron chi connectivity index (χ4n) is 3.01. The first-order valence-corrected chi connectivity index (χ1v) is 7.89. The molecule has 0 fully saturated rings. The number of fused-ring (bicyclic) bond motifs is 1. The van der Waals surface area contributed by atoms with Crippen LogP contribution in [0.15, 0.2) is 24.3 Å². The molecule has 0 unspecified atom stereocenters. The minimum absolute atomic E-state index is 0.0490. The van der Waals surface area contributed by atoms with Crippen LogP contribution in [-0.4, -0.2) is 21.0 Å². The zero-order valence-corrected chi connectivity index (χ0v) is 14.4. The summed E-state index contributed by atoms with van der Waals surface area (Å²) in [6, 6.07) is 4.85. The zero-order chi connectivity index (χ0) is 18.6. The molecule has 4 nitrogen and oxygen atoms in total. The van der Waals surface area contributed by atoms with E-state index in [2.05, 4.69) is 15.2 Å². The summed E-state index contributed by atoms with van der Waals surface area (Å²) in [5.41, 5.74) is -0.772. The number of Topliss-reactive ketones (excluding diaryl/α,β-unsaturated/α-hetero) is 1. The van der Waals surface area contributed by atoms with Gasteiger partial charge < -0.3 is 0 Å². The van der Waals surface area contributed by atoms with Crippen molar-refractivity contribution in [3.05, 3.63) is 41.2 Å². The monoisotopic (exact) mass is 349 g/mol. The average Bonchev–Trinajstić information content (AvgIpc) is 2.52. The van der Waals surface area contributed by atoms with Crippen molar-refractivity contribution in [2.24, 2.45) is 0 Å². The number of carbonyl (C=O) groups is 1. The molecule has 132 valence electrons. The first kappa shape index (κ1) is 17.5. The van der Waals surface area contributed by atoms with E-state index in [0.29, 0.717) is 17.8 Å². The second-order valence-corrected chi connectivity index (χ2v) is 7.52. The molecule has 1 aliphatic rings. The number of benzene rings is 1. The highest BCUT2D eigenvalue weighted by atomic mass is 19.4. The second-order valence-electron chi connectivity index (χ2n) is 7.52. The Bertz CT molecular complexity index is 857. The van der Waals surface area contributed by atoms with Crippen LogP contribution in [0.5, 0.6) is 0 Å². The minimum Gasteiger partial charge on any atom is -0.299 e. The van der Waals surface area contributed by atoms with Crippen molar-refractivity contribution in [3.8, 4) is 11.4 Å². The molecule has 1 aliphatic carbocycles. The third-order valence-electron chi connectivity index (χ3n) is 4.67. The summed E-state index contributed by atoms with van der Waals surface area (Å²) in [6.07, 6.45) is -4.14. The van der Waals surface area contributed by atoms with Gasteiger partial charge in [-0.3, -0.25) is 4.79 Å². The number of hydrogen-bond donors (Lipinski definition) is 0. The van der Waals surface area contributed by atoms with Gasteiger partial charge in [-0.2, -0.15) is 18.3 Å². The molecule has 3 rings (SSSR count). The summed E-state index contributed by atoms with van der Waals surface area (Å²) in [6.45, 7) is 7.29. The maximum Gasteiger partial charge on any atom is 0.416 e. The van der Waals surface area contributed by atoms with Gasteiger partial charge in [0.05, 0.1) is 22.4 Å². The summed E-state index contributed by atoms with van der Waals surface area (Å²) in [7, 11) is 0. The number of ketones is 1. The van der Waals surface area contributed by atoms with Gasteiger partial charge in [0.1, 0.15) is 5.78 Å². The Balaban J connectivity index is 2.15. The van der Waals surface area contributed by atoms with Crippen molar-refractivity contribution in [1.29, 1.82) is 0 Å². The molecule has 0 N–H and O–H groups in total. The average molecular weight is 349 g/mol. The molecular weight excluding hydrogens is 331 g/mol. The van der Waals surface area contributed by atoms with E-state index >= 15 is 0 Å². The molecule has 0 radical (unpaired) electrons. The lowest BCUT2D eigenvalue weighted by Crippen LogP contribution is -2.44. The summed E-state index contributed by atoms with van der Waals surface area (Å²) < 4.78 is 38.8. The van der Waals surface area contributed by atoms with Crippen molar-refractivity contribution in [2.45, 2.75) is 51.1 Å². The SMILES string of the molecule is CC1(C)CC(=O)C(C)(C)c2nnc(-c3cccc(C(F)(F)F)c3)nc21. The van der Waals surface area contributed by atoms with Gasteiger partial charge in [-0.1, -0.05) is 26.0 Å². The van der Waals surface area contributed by atoms with Gasteiger partial charge in [0.2, 0.25) is 0 Å². The summed E-state index contributed by atoms with van der Waals surface area (Å²) in [5, 5.41) is 8.17. The van der Waals surface area contributed by atoms with E-state index in [9.17, 15) is 18.0 Å². The number of carbonyl (C=O) groups excluding carboxylic acids is 1. The van der Waals surface area contributed by atoms with Gasteiger partial charge in [0.25, 0.3) is 0 Å². The van der Waals surface area contributed by atoms with Crippen LogP contribution >= 0.6 is 0 Å². The van der Waals surface area contributed by atoms with E-state index in [4.69, 9.17) is 0 Å². The largest absolute Gasteiger partial charge is 0.416 e. The van der Waals surface area contributed by atoms with Crippen LogP contribution in [0, 0.1) is 0 Å². The van der Waals surface area contributed by atoms with Crippen LogP contribution in [0.25, 0.3) is 11.4 Å². The maximum atomic E-state index is 12.9. The Labute approximate surface area is 143 Å². The summed E-state index contributed by atoms with van der Waals surface area (Å²) >= 11 is 0. The molecule has 0 bridgehead atoms. The van der Waals surface area contributed by atoms with E-state index in [1.807, 2.05) is 13.8 Å². The van der Waals surface area contributed by atoms with Crippen LogP contribution in [-0.2, 0) is 21.8 Å². The lowest BCUT2D eigenvalue weighted by atomic mass is 9.66. The Hall–Kier alpha value is -2.31. The van der Waals surface area contributed by atoms with Crippen LogP contribution in [0.2, 0.25) is 0 Å². The Morgan fingerprint density at radius 3 is 2.36 bits per heavy atom. The molecule has 0 atom stereocenters. The highest BCUT2D eigenvalue weighted by molar-refractivity contribution is 5.92. The lowest BCUT2D eigenvalue weighted by molar-refractivity contribution is -0.137. The highest BCUT2D eigenvalue weighted by Crippen LogP contribution is 2.42. The van der Waals surface area contributed by atoms with E-state index in [1.165, 1.54) is 12.1 Å². The molecule has 0 spiro atoms. The van der Waals surface area contributed by atoms with Crippen LogP contribution in [0.4, 0.5) is 13.2 Å². The minimum atomic E-state index is -4.44. The van der Waals surface area contributed by atoms with Crippen molar-refractivity contribution < 1.29 is 18.0 Å². The molecule has 0 saturated heterocycles. The number of aromatic nitrogens is 3. The van der Waals surface area contributed by atoms with Gasteiger partial charge in [0.15, 0.2) is 5.82 Å². The third-order valence-corrected chi connectivity index (χ3v) is 4.67. The molecule has 2 aromatic rings. The van der Waals surface area contributed by atoms with Crippen molar-refractivity contribution in [3.63, 3.8) is 0 Å². The van der Waals surface area contributed by atoms with Gasteiger partial charge in [-0.15, -0.1) is 5.10 Å². The Morgan fingerprint density at radius 2 is 1.72 bits per heavy atom. The predicted octanol–water partition coefficient (Wildman–Crippen LogP) is 4.09. The van der Waals surface area contributed by atoms with Crippen molar-refractivity contribution in [2.75, 3.05) is 0 Å². The fourth-order valence-corrected chi connectivity index (χ4v) is 3.01. The standard InChI is InChI=1S/C18H18F3N3O/c1-16(2)9-12(25)17(3,4)14-13(16)22-15(24-23-14)10-6-5-7-11(8-10)18(19,20)21/h5-8H,9H2,1-4H3. The Morgan fingerprint density at radius 1 is 1.04 bits per heavy atom. The molecule has 1 heterocycles. The third kappa shape index (κ3) is 2.92. The van der Waals surface area contributed by atoms with Crippen LogP contribution < -0.4 is 0 Å². The zero-order valence-electron chi connectivity index (χ0n) is 14.4. The van der Waals surface area contributed by atoms with Gasteiger partial charge in [0, 0.05) is 17.4 Å². The van der Waals surface area contributed by atoms with Gasteiger partial charge >= 0.3 is 6.18 Å². The van der Waals surface area contributed by atoms with E-state index < -0.39 is 22.6 Å². The number of nitrogens with zero attached hydrogens (tertiary/aromatic N) is 3. The molecule has 1 aromatic heterocycles. The van der Waals surface area contributed by atoms with Gasteiger partial charge in [-0.05, 0) is 26.0 Å². The normalized spacial score (nSPS) is 18.8. The predicted molar refractivity (Wildman–Crippen MR) is 85.9 cm³/mol. The van der Waals surface area contributed by atoms with E-state index in [0.717, 1.165) is 12.1 Å². The summed E-state index contributed by atoms with van der Waals surface area (Å²) in [4.78, 5) is 16.9. The molecule has 7 heteroatoms. The fraction of sp³-hybridized carbons (Fsp3) is 0.444. The van der Waals surface area contributed by atoms with Crippen LogP contribution in [0.1, 0.15) is 51.1 Å². The van der Waals surface area contributed by atoms with Crippen molar-refractivity contribution in [1.82, 2.24) is 15.2 Å². The summed E-state index contributed by atoms with van der Waals surface area (Å²) in [5.74, 6) is 0.177. The number of hydrogen-bond acceptors (Lipinski definition) is 4. The molecule has 0 saturated carbocycles. The Kier molecular flexibility index (Phi) is 3.74. The first-order valence-electron chi connectivity index (χ1n) is 7.89. The topological polar surface area (TPSA) is 55.7 Å². The number of rotatable bonds is 1. The first-order chi connectivity index (χ1) is 11.4. The molecule has 0 amide bonds. The molecule has 25 heavy (non-hydrogen) atoms. The van der Waals surface area contributed by atoms with E-state index in [1.54, 1.807) is 13.8 Å². The molecular formula is C18H18F3N3O. The molecule has 1 aromatic carbocycles. The quantitative estimate of drug-likeness (QED) is 0.778. The molecule has 0 aliphatic heterocycles. The highest BCUT2D eigenvalue weighted by Gasteiger charge is 2.46. The number of halogens is 3. The lowest BCUT2D eigenvalue weighted by Gasteiger charge is -2.37. The van der Waals surface area contributed by atoms with Gasteiger partial charge in [-0.25, -0.2) is 4.98 Å². The van der Waals surface area contributed by atoms with Crippen LogP contribution in [0.3, 0.4) is 0 Å². The van der Waals surface area contributed by atoms with E-state index in [-0.39, 0.29) is 17.2 Å². The second kappa shape index (κ2) is 5.34.